The van der Waals surface area contributed by atoms with Crippen LogP contribution in [-0.4, -0.2) is 18.3 Å². The minimum atomic E-state index is -0.809. The van der Waals surface area contributed by atoms with E-state index < -0.39 is 17.4 Å². The Morgan fingerprint density at radius 1 is 1.19 bits per heavy atom. The molecule has 0 saturated heterocycles. The molecule has 0 fully saturated rings. The Labute approximate surface area is 93.5 Å². The second kappa shape index (κ2) is 8.61. The van der Waals surface area contributed by atoms with Crippen LogP contribution in [0, 0.1) is 11.6 Å². The highest BCUT2D eigenvalue weighted by Gasteiger charge is 1.98. The van der Waals surface area contributed by atoms with E-state index in [1.165, 1.54) is 0 Å². The number of hydrogen-bond acceptors (Lipinski definition) is 2. The van der Waals surface area contributed by atoms with Gasteiger partial charge in [-0.05, 0) is 12.1 Å². The number of rotatable bonds is 4. The Morgan fingerprint density at radius 2 is 1.75 bits per heavy atom. The van der Waals surface area contributed by atoms with Crippen LogP contribution in [0.25, 0.3) is 0 Å². The van der Waals surface area contributed by atoms with E-state index in [9.17, 15) is 8.78 Å². The van der Waals surface area contributed by atoms with Crippen molar-refractivity contribution in [2.45, 2.75) is 0 Å². The van der Waals surface area contributed by atoms with E-state index in [-0.39, 0.29) is 0 Å². The summed E-state index contributed by atoms with van der Waals surface area (Å²) < 4.78 is 29.0. The van der Waals surface area contributed by atoms with E-state index in [2.05, 4.69) is 13.2 Å². The molecule has 1 rings (SSSR count). The molecule has 0 spiro atoms. The molecule has 1 aromatic carbocycles. The monoisotopic (exact) mass is 228 g/mol. The van der Waals surface area contributed by atoms with Gasteiger partial charge in [0.2, 0.25) is 0 Å². The smallest absolute Gasteiger partial charge is 0.165 e. The van der Waals surface area contributed by atoms with Crippen molar-refractivity contribution in [3.63, 3.8) is 0 Å². The summed E-state index contributed by atoms with van der Waals surface area (Å²) in [6.45, 7) is 8.18. The van der Waals surface area contributed by atoms with Gasteiger partial charge >= 0.3 is 0 Å². The number of phenols is 1. The van der Waals surface area contributed by atoms with Crippen LogP contribution in [0.15, 0.2) is 43.5 Å². The second-order valence-electron chi connectivity index (χ2n) is 2.71. The number of benzene rings is 1. The number of aromatic hydroxyl groups is 1. The molecule has 2 nitrogen and oxygen atoms in total. The van der Waals surface area contributed by atoms with Crippen LogP contribution >= 0.6 is 0 Å². The van der Waals surface area contributed by atoms with Crippen LogP contribution in [0.5, 0.6) is 5.75 Å². The van der Waals surface area contributed by atoms with Crippen molar-refractivity contribution in [3.8, 4) is 5.75 Å². The summed E-state index contributed by atoms with van der Waals surface area (Å²) in [5, 5.41) is 8.49. The Hall–Kier alpha value is -1.68. The highest BCUT2D eigenvalue weighted by atomic mass is 19.1. The molecule has 0 aliphatic rings. The van der Waals surface area contributed by atoms with Crippen LogP contribution in [0.3, 0.4) is 0 Å². The molecule has 1 N–H and O–H groups in total. The average molecular weight is 228 g/mol. The predicted octanol–water partition coefficient (Wildman–Crippen LogP) is 3.05. The first-order chi connectivity index (χ1) is 7.61. The lowest BCUT2D eigenvalue weighted by atomic mass is 10.3. The zero-order chi connectivity index (χ0) is 12.4. The van der Waals surface area contributed by atoms with Gasteiger partial charge in [-0.1, -0.05) is 12.2 Å². The minimum absolute atomic E-state index is 0.617. The zero-order valence-corrected chi connectivity index (χ0v) is 8.83. The van der Waals surface area contributed by atoms with E-state index in [4.69, 9.17) is 9.84 Å². The third kappa shape index (κ3) is 6.73. The first-order valence-corrected chi connectivity index (χ1v) is 4.55. The van der Waals surface area contributed by atoms with E-state index in [1.54, 1.807) is 12.2 Å². The van der Waals surface area contributed by atoms with Crippen molar-refractivity contribution in [2.75, 3.05) is 13.2 Å². The van der Waals surface area contributed by atoms with Crippen LogP contribution in [0.1, 0.15) is 0 Å². The first-order valence-electron chi connectivity index (χ1n) is 4.55. The lowest BCUT2D eigenvalue weighted by molar-refractivity contribution is 0.194. The maximum Gasteiger partial charge on any atom is 0.165 e. The molecule has 0 atom stereocenters. The van der Waals surface area contributed by atoms with Gasteiger partial charge in [0, 0.05) is 6.07 Å². The fourth-order valence-electron chi connectivity index (χ4n) is 0.721. The molecular formula is C12H14F2O2. The molecule has 0 radical (unpaired) electrons. The summed E-state index contributed by atoms with van der Waals surface area (Å²) in [4.78, 5) is 0. The molecule has 0 unspecified atom stereocenters. The van der Waals surface area contributed by atoms with Gasteiger partial charge in [-0.25, -0.2) is 8.78 Å². The molecule has 0 amide bonds. The van der Waals surface area contributed by atoms with Crippen molar-refractivity contribution >= 4 is 0 Å². The van der Waals surface area contributed by atoms with Gasteiger partial charge in [0.1, 0.15) is 5.82 Å². The van der Waals surface area contributed by atoms with Gasteiger partial charge in [-0.3, -0.25) is 0 Å². The fourth-order valence-corrected chi connectivity index (χ4v) is 0.721. The maximum atomic E-state index is 12.1. The third-order valence-corrected chi connectivity index (χ3v) is 1.38. The molecule has 0 saturated carbocycles. The van der Waals surface area contributed by atoms with Gasteiger partial charge in [-0.2, -0.15) is 0 Å². The van der Waals surface area contributed by atoms with Crippen molar-refractivity contribution in [1.29, 1.82) is 0 Å². The molecular weight excluding hydrogens is 214 g/mol. The van der Waals surface area contributed by atoms with Gasteiger partial charge in [-0.15, -0.1) is 13.2 Å². The molecule has 1 aromatic rings. The van der Waals surface area contributed by atoms with Gasteiger partial charge in [0.25, 0.3) is 0 Å². The fraction of sp³-hybridized carbons (Fsp3) is 0.167. The van der Waals surface area contributed by atoms with E-state index >= 15 is 0 Å². The highest BCUT2D eigenvalue weighted by Crippen LogP contribution is 2.14. The Bertz CT molecular complexity index is 330. The Balaban J connectivity index is 0.000000293. The minimum Gasteiger partial charge on any atom is -0.505 e. The summed E-state index contributed by atoms with van der Waals surface area (Å²) in [7, 11) is 0. The molecule has 16 heavy (non-hydrogen) atoms. The molecule has 0 bridgehead atoms. The Morgan fingerprint density at radius 3 is 2.12 bits per heavy atom. The van der Waals surface area contributed by atoms with Crippen molar-refractivity contribution in [3.05, 3.63) is 55.1 Å². The molecule has 0 aliphatic heterocycles. The van der Waals surface area contributed by atoms with Crippen LogP contribution in [0.2, 0.25) is 0 Å². The number of phenolic OH excluding ortho intramolecular Hbond substituents is 1. The standard InChI is InChI=1S/C6H4F2O.C6H10O/c7-4-1-2-5(8)6(9)3-4;1-3-5-7-6-4-2/h1-3,9H;3-4H,1-2,5-6H2. The SMILES string of the molecule is C=CCOCC=C.Oc1cc(F)ccc1F. The van der Waals surface area contributed by atoms with Gasteiger partial charge in [0.15, 0.2) is 11.6 Å². The maximum absolute atomic E-state index is 12.1. The van der Waals surface area contributed by atoms with Crippen LogP contribution < -0.4 is 0 Å². The molecule has 0 heterocycles. The molecule has 4 heteroatoms. The first kappa shape index (κ1) is 14.3. The summed E-state index contributed by atoms with van der Waals surface area (Å²) in [6, 6.07) is 2.52. The van der Waals surface area contributed by atoms with Gasteiger partial charge in [0.05, 0.1) is 13.2 Å². The number of hydrogen-bond donors (Lipinski definition) is 1. The summed E-state index contributed by atoms with van der Waals surface area (Å²) in [5.74, 6) is -2.11. The highest BCUT2D eigenvalue weighted by molar-refractivity contribution is 5.22. The van der Waals surface area contributed by atoms with Crippen molar-refractivity contribution in [2.24, 2.45) is 0 Å². The predicted molar refractivity (Wildman–Crippen MR) is 59.2 cm³/mol. The second-order valence-corrected chi connectivity index (χ2v) is 2.71. The molecule has 88 valence electrons. The van der Waals surface area contributed by atoms with Crippen molar-refractivity contribution in [1.82, 2.24) is 0 Å². The van der Waals surface area contributed by atoms with E-state index in [0.29, 0.717) is 13.2 Å². The summed E-state index contributed by atoms with van der Waals surface area (Å²) in [5.41, 5.74) is 0. The normalized spacial score (nSPS) is 8.88. The lowest BCUT2D eigenvalue weighted by Crippen LogP contribution is -1.87. The zero-order valence-electron chi connectivity index (χ0n) is 8.83. The lowest BCUT2D eigenvalue weighted by Gasteiger charge is -1.91. The average Bonchev–Trinajstić information content (AvgIpc) is 2.26. The number of ether oxygens (including phenoxy) is 1. The molecule has 0 aliphatic carbocycles. The van der Waals surface area contributed by atoms with Crippen LogP contribution in [-0.2, 0) is 4.74 Å². The van der Waals surface area contributed by atoms with Crippen molar-refractivity contribution < 1.29 is 18.6 Å². The van der Waals surface area contributed by atoms with Crippen LogP contribution in [0.4, 0.5) is 8.78 Å². The quantitative estimate of drug-likeness (QED) is 0.634. The molecule has 0 aromatic heterocycles. The Kier molecular flexibility index (Phi) is 7.71. The van der Waals surface area contributed by atoms with Gasteiger partial charge < -0.3 is 9.84 Å². The number of halogens is 2. The topological polar surface area (TPSA) is 29.5 Å². The largest absolute Gasteiger partial charge is 0.505 e. The van der Waals surface area contributed by atoms with E-state index in [0.717, 1.165) is 18.2 Å². The van der Waals surface area contributed by atoms with E-state index in [1.807, 2.05) is 0 Å². The summed E-state index contributed by atoms with van der Waals surface area (Å²) in [6.07, 6.45) is 3.42. The summed E-state index contributed by atoms with van der Waals surface area (Å²) >= 11 is 0. The third-order valence-electron chi connectivity index (χ3n) is 1.38.